The van der Waals surface area contributed by atoms with Gasteiger partial charge in [-0.15, -0.1) is 0 Å². The zero-order chi connectivity index (χ0) is 18.5. The van der Waals surface area contributed by atoms with E-state index >= 15 is 0 Å². The van der Waals surface area contributed by atoms with Crippen molar-refractivity contribution in [2.75, 3.05) is 13.1 Å². The van der Waals surface area contributed by atoms with Crippen molar-refractivity contribution in [3.63, 3.8) is 0 Å². The molecule has 140 valence electrons. The minimum Gasteiger partial charge on any atom is -0.444 e. The Balaban J connectivity index is 1.96. The van der Waals surface area contributed by atoms with Crippen LogP contribution in [0.3, 0.4) is 0 Å². The van der Waals surface area contributed by atoms with Crippen molar-refractivity contribution in [3.05, 3.63) is 11.4 Å². The van der Waals surface area contributed by atoms with Crippen molar-refractivity contribution >= 4 is 12.0 Å². The summed E-state index contributed by atoms with van der Waals surface area (Å²) in [4.78, 5) is 30.3. The molecule has 1 saturated heterocycles. The molecular weight excluding hydrogens is 318 g/mol. The van der Waals surface area contributed by atoms with E-state index < -0.39 is 11.3 Å². The lowest BCUT2D eigenvalue weighted by Crippen LogP contribution is -2.49. The Morgan fingerprint density at radius 2 is 1.80 bits per heavy atom. The average Bonchev–Trinajstić information content (AvgIpc) is 2.77. The van der Waals surface area contributed by atoms with E-state index in [-0.39, 0.29) is 17.9 Å². The smallest absolute Gasteiger partial charge is 0.410 e. The van der Waals surface area contributed by atoms with Crippen molar-refractivity contribution in [1.29, 1.82) is 0 Å². The average molecular weight is 349 g/mol. The summed E-state index contributed by atoms with van der Waals surface area (Å²) in [7, 11) is 0. The van der Waals surface area contributed by atoms with E-state index in [1.807, 2.05) is 20.8 Å². The monoisotopic (exact) mass is 349 g/mol. The summed E-state index contributed by atoms with van der Waals surface area (Å²) in [5.41, 5.74) is -1.42. The molecule has 2 amide bonds. The lowest BCUT2D eigenvalue weighted by Gasteiger charge is -2.27. The van der Waals surface area contributed by atoms with Gasteiger partial charge in [-0.1, -0.05) is 19.3 Å². The van der Waals surface area contributed by atoms with Crippen LogP contribution in [-0.2, 0) is 9.53 Å². The Bertz CT molecular complexity index is 529. The number of nitrogens with zero attached hydrogens (tertiary/aromatic N) is 2. The van der Waals surface area contributed by atoms with Gasteiger partial charge in [-0.3, -0.25) is 15.0 Å². The van der Waals surface area contributed by atoms with Gasteiger partial charge in [0.2, 0.25) is 5.91 Å². The maximum Gasteiger partial charge on any atom is 0.410 e. The number of hydrogen-bond donors (Lipinski definition) is 1. The molecule has 1 N–H and O–H groups in total. The van der Waals surface area contributed by atoms with E-state index in [0.29, 0.717) is 32.4 Å². The molecule has 1 aliphatic carbocycles. The minimum absolute atomic E-state index is 0.0152. The van der Waals surface area contributed by atoms with E-state index in [1.165, 1.54) is 6.42 Å². The van der Waals surface area contributed by atoms with Gasteiger partial charge in [0.25, 0.3) is 0 Å². The summed E-state index contributed by atoms with van der Waals surface area (Å²) < 4.78 is 5.43. The van der Waals surface area contributed by atoms with Gasteiger partial charge < -0.3 is 9.64 Å². The molecule has 1 unspecified atom stereocenters. The lowest BCUT2D eigenvalue weighted by atomic mass is 9.88. The van der Waals surface area contributed by atoms with Gasteiger partial charge in [0.05, 0.1) is 6.42 Å². The second-order valence-corrected chi connectivity index (χ2v) is 8.29. The van der Waals surface area contributed by atoms with Crippen LogP contribution < -0.4 is 5.32 Å². The fraction of sp³-hybridized carbons (Fsp3) is 0.842. The van der Waals surface area contributed by atoms with Gasteiger partial charge in [0.1, 0.15) is 5.60 Å². The summed E-state index contributed by atoms with van der Waals surface area (Å²) in [6, 6.07) is 0. The van der Waals surface area contributed by atoms with E-state index in [1.54, 1.807) is 4.90 Å². The number of rotatable bonds is 2. The second kappa shape index (κ2) is 8.07. The molecule has 0 spiro atoms. The van der Waals surface area contributed by atoms with Gasteiger partial charge in [0.15, 0.2) is 0 Å². The molecule has 0 bridgehead atoms. The largest absolute Gasteiger partial charge is 0.444 e. The highest BCUT2D eigenvalue weighted by Gasteiger charge is 2.42. The Hall–Kier alpha value is -1.77. The van der Waals surface area contributed by atoms with Crippen LogP contribution in [0.15, 0.2) is 0 Å². The summed E-state index contributed by atoms with van der Waals surface area (Å²) in [6.45, 7) is 14.2. The Labute approximate surface area is 151 Å². The number of likely N-dealkylation sites (tertiary alicyclic amines) is 1. The molecule has 1 aliphatic heterocycles. The van der Waals surface area contributed by atoms with Crippen molar-refractivity contribution in [3.8, 4) is 0 Å². The van der Waals surface area contributed by atoms with Crippen LogP contribution in [0.5, 0.6) is 0 Å². The summed E-state index contributed by atoms with van der Waals surface area (Å²) in [5.74, 6) is 0.0546. The molecule has 0 radical (unpaired) electrons. The number of hydrogen-bond acceptors (Lipinski definition) is 3. The lowest BCUT2D eigenvalue weighted by molar-refractivity contribution is -0.127. The number of carbonyl (C=O) groups is 2. The van der Waals surface area contributed by atoms with Crippen LogP contribution in [0.25, 0.3) is 4.85 Å². The minimum atomic E-state index is -0.884. The van der Waals surface area contributed by atoms with Crippen LogP contribution in [-0.4, -0.2) is 41.3 Å². The molecule has 0 aromatic carbocycles. The number of carbonyl (C=O) groups excluding carboxylic acids is 2. The van der Waals surface area contributed by atoms with E-state index in [0.717, 1.165) is 25.7 Å². The predicted octanol–water partition coefficient (Wildman–Crippen LogP) is 3.72. The quantitative estimate of drug-likeness (QED) is 0.773. The highest BCUT2D eigenvalue weighted by atomic mass is 16.6. The summed E-state index contributed by atoms with van der Waals surface area (Å²) >= 11 is 0. The zero-order valence-electron chi connectivity index (χ0n) is 15.8. The number of amides is 2. The first-order valence-electron chi connectivity index (χ1n) is 9.43. The third-order valence-corrected chi connectivity index (χ3v) is 5.01. The molecule has 1 heterocycles. The normalized spacial score (nSPS) is 25.6. The van der Waals surface area contributed by atoms with Gasteiger partial charge >= 0.3 is 11.8 Å². The van der Waals surface area contributed by atoms with Crippen molar-refractivity contribution in [2.45, 2.75) is 83.4 Å². The molecule has 0 aromatic heterocycles. The topological polar surface area (TPSA) is 63.0 Å². The summed E-state index contributed by atoms with van der Waals surface area (Å²) in [5, 5.41) is 3.03. The first-order valence-corrected chi connectivity index (χ1v) is 9.43. The molecule has 2 aliphatic rings. The molecule has 6 heteroatoms. The first-order chi connectivity index (χ1) is 11.7. The standard InChI is InChI=1S/C19H31N3O3/c1-18(2,3)25-17(24)22-13-8-11-19(20-4,12-14-22)21-16(23)15-9-6-5-7-10-15/h15H,5-14H2,1-3H3,(H,21,23). The fourth-order valence-electron chi connectivity index (χ4n) is 3.59. The van der Waals surface area contributed by atoms with Gasteiger partial charge in [-0.2, -0.15) is 0 Å². The molecule has 1 atom stereocenters. The Morgan fingerprint density at radius 3 is 2.40 bits per heavy atom. The highest BCUT2D eigenvalue weighted by Crippen LogP contribution is 2.28. The second-order valence-electron chi connectivity index (χ2n) is 8.29. The van der Waals surface area contributed by atoms with Crippen LogP contribution in [0.4, 0.5) is 4.79 Å². The third kappa shape index (κ3) is 5.62. The van der Waals surface area contributed by atoms with Crippen molar-refractivity contribution in [2.24, 2.45) is 5.92 Å². The molecule has 25 heavy (non-hydrogen) atoms. The van der Waals surface area contributed by atoms with Crippen molar-refractivity contribution in [1.82, 2.24) is 10.2 Å². The van der Waals surface area contributed by atoms with E-state index in [9.17, 15) is 9.59 Å². The number of nitrogens with one attached hydrogen (secondary N) is 1. The molecule has 1 saturated carbocycles. The number of ether oxygens (including phenoxy) is 1. The molecule has 2 fully saturated rings. The fourth-order valence-corrected chi connectivity index (χ4v) is 3.59. The van der Waals surface area contributed by atoms with E-state index in [2.05, 4.69) is 10.2 Å². The highest BCUT2D eigenvalue weighted by molar-refractivity contribution is 5.79. The molecule has 2 rings (SSSR count). The third-order valence-electron chi connectivity index (χ3n) is 5.01. The van der Waals surface area contributed by atoms with Crippen LogP contribution in [0, 0.1) is 12.5 Å². The maximum absolute atomic E-state index is 12.6. The summed E-state index contributed by atoms with van der Waals surface area (Å²) in [6.07, 6.45) is 6.60. The van der Waals surface area contributed by atoms with Crippen LogP contribution in [0.1, 0.15) is 72.1 Å². The molecule has 6 nitrogen and oxygen atoms in total. The van der Waals surface area contributed by atoms with Crippen molar-refractivity contribution < 1.29 is 14.3 Å². The predicted molar refractivity (Wildman–Crippen MR) is 95.7 cm³/mol. The Kier molecular flexibility index (Phi) is 6.31. The SMILES string of the molecule is [C-]#[N+]C1(NC(=O)C2CCCCC2)CCCN(C(=O)OC(C)(C)C)CC1. The van der Waals surface area contributed by atoms with E-state index in [4.69, 9.17) is 11.3 Å². The molecule has 0 aromatic rings. The van der Waals surface area contributed by atoms with Gasteiger partial charge in [0, 0.05) is 25.4 Å². The van der Waals surface area contributed by atoms with Crippen LogP contribution >= 0.6 is 0 Å². The zero-order valence-corrected chi connectivity index (χ0v) is 15.8. The van der Waals surface area contributed by atoms with Gasteiger partial charge in [-0.05, 0) is 40.0 Å². The molecular formula is C19H31N3O3. The Morgan fingerprint density at radius 1 is 1.12 bits per heavy atom. The van der Waals surface area contributed by atoms with Crippen LogP contribution in [0.2, 0.25) is 0 Å². The maximum atomic E-state index is 12.6. The van der Waals surface area contributed by atoms with Gasteiger partial charge in [-0.25, -0.2) is 11.4 Å². The first kappa shape index (κ1) is 19.6.